The molecule has 0 aliphatic carbocycles. The molecule has 1 aromatic carbocycles. The number of ether oxygens (including phenoxy) is 1. The number of hydrogen-bond donors (Lipinski definition) is 0. The van der Waals surface area contributed by atoms with E-state index in [0.717, 1.165) is 0 Å². The largest absolute Gasteiger partial charge is 0.469 e. The van der Waals surface area contributed by atoms with Crippen molar-refractivity contribution in [3.05, 3.63) is 34.4 Å². The molecule has 0 fully saturated rings. The van der Waals surface area contributed by atoms with Crippen LogP contribution in [0.3, 0.4) is 0 Å². The lowest BCUT2D eigenvalue weighted by atomic mass is 9.94. The zero-order chi connectivity index (χ0) is 12.8. The molecule has 0 aliphatic heterocycles. The van der Waals surface area contributed by atoms with Gasteiger partial charge >= 0.3 is 5.97 Å². The van der Waals surface area contributed by atoms with Crippen molar-refractivity contribution < 1.29 is 14.3 Å². The second-order valence-corrected chi connectivity index (χ2v) is 3.50. The van der Waals surface area contributed by atoms with Crippen molar-refractivity contribution in [1.29, 1.82) is 5.26 Å². The standard InChI is InChI=1S/C13H13NO3/c1-3-11-10(7-14)5-4-9(12(11)8-15)6-13(16)17-2/h4-5,8H,3,6H2,1-2H3. The van der Waals surface area contributed by atoms with Gasteiger partial charge in [0.15, 0.2) is 6.29 Å². The van der Waals surface area contributed by atoms with Gasteiger partial charge in [-0.15, -0.1) is 0 Å². The molecule has 0 saturated heterocycles. The summed E-state index contributed by atoms with van der Waals surface area (Å²) in [5.41, 5.74) is 2.19. The Hall–Kier alpha value is -2.15. The van der Waals surface area contributed by atoms with Crippen molar-refractivity contribution in [3.63, 3.8) is 0 Å². The van der Waals surface area contributed by atoms with E-state index in [1.165, 1.54) is 7.11 Å². The minimum atomic E-state index is -0.403. The summed E-state index contributed by atoms with van der Waals surface area (Å²) in [4.78, 5) is 22.3. The van der Waals surface area contributed by atoms with E-state index in [9.17, 15) is 9.59 Å². The summed E-state index contributed by atoms with van der Waals surface area (Å²) in [5, 5.41) is 8.93. The average molecular weight is 231 g/mol. The second kappa shape index (κ2) is 5.80. The van der Waals surface area contributed by atoms with Crippen molar-refractivity contribution in [3.8, 4) is 6.07 Å². The molecule has 4 nitrogen and oxygen atoms in total. The van der Waals surface area contributed by atoms with E-state index in [4.69, 9.17) is 5.26 Å². The maximum atomic E-state index is 11.2. The predicted molar refractivity (Wildman–Crippen MR) is 61.6 cm³/mol. The molecule has 0 N–H and O–H groups in total. The molecule has 0 amide bonds. The number of rotatable bonds is 4. The van der Waals surface area contributed by atoms with Crippen LogP contribution in [0.2, 0.25) is 0 Å². The number of benzene rings is 1. The van der Waals surface area contributed by atoms with Crippen LogP contribution in [-0.4, -0.2) is 19.4 Å². The van der Waals surface area contributed by atoms with E-state index < -0.39 is 5.97 Å². The van der Waals surface area contributed by atoms with E-state index >= 15 is 0 Å². The average Bonchev–Trinajstić information content (AvgIpc) is 2.37. The predicted octanol–water partition coefficient (Wildman–Crippen LogP) is 1.65. The summed E-state index contributed by atoms with van der Waals surface area (Å²) in [7, 11) is 1.30. The third-order valence-corrected chi connectivity index (χ3v) is 2.60. The first kappa shape index (κ1) is 12.9. The van der Waals surface area contributed by atoms with E-state index in [1.54, 1.807) is 12.1 Å². The van der Waals surface area contributed by atoms with Crippen molar-refractivity contribution in [2.45, 2.75) is 19.8 Å². The number of nitriles is 1. The van der Waals surface area contributed by atoms with Gasteiger partial charge in [-0.25, -0.2) is 0 Å². The van der Waals surface area contributed by atoms with Gasteiger partial charge in [-0.05, 0) is 23.6 Å². The van der Waals surface area contributed by atoms with E-state index in [1.807, 2.05) is 13.0 Å². The Bertz CT molecular complexity index is 486. The Morgan fingerprint density at radius 1 is 1.53 bits per heavy atom. The normalized spacial score (nSPS) is 9.47. The van der Waals surface area contributed by atoms with Gasteiger partial charge in [-0.3, -0.25) is 9.59 Å². The van der Waals surface area contributed by atoms with Crippen molar-refractivity contribution in [1.82, 2.24) is 0 Å². The monoisotopic (exact) mass is 231 g/mol. The molecule has 0 bridgehead atoms. The topological polar surface area (TPSA) is 67.2 Å². The fourth-order valence-corrected chi connectivity index (χ4v) is 1.73. The zero-order valence-corrected chi connectivity index (χ0v) is 9.82. The fraction of sp³-hybridized carbons (Fsp3) is 0.308. The molecule has 0 saturated carbocycles. The van der Waals surface area contributed by atoms with Crippen molar-refractivity contribution in [2.24, 2.45) is 0 Å². The summed E-state index contributed by atoms with van der Waals surface area (Å²) < 4.78 is 4.56. The summed E-state index contributed by atoms with van der Waals surface area (Å²) in [5.74, 6) is -0.403. The molecule has 0 heterocycles. The Labute approximate surface area is 99.8 Å². The zero-order valence-electron chi connectivity index (χ0n) is 9.82. The van der Waals surface area contributed by atoms with E-state index in [2.05, 4.69) is 4.74 Å². The van der Waals surface area contributed by atoms with Gasteiger partial charge in [0.2, 0.25) is 0 Å². The van der Waals surface area contributed by atoms with Gasteiger partial charge in [-0.1, -0.05) is 13.0 Å². The molecule has 1 rings (SSSR count). The molecule has 0 atom stereocenters. The number of nitrogens with zero attached hydrogens (tertiary/aromatic N) is 1. The molecule has 17 heavy (non-hydrogen) atoms. The highest BCUT2D eigenvalue weighted by Gasteiger charge is 2.14. The number of aldehydes is 1. The van der Waals surface area contributed by atoms with Crippen LogP contribution in [0.1, 0.15) is 34.0 Å². The quantitative estimate of drug-likeness (QED) is 0.583. The molecule has 0 spiro atoms. The highest BCUT2D eigenvalue weighted by atomic mass is 16.5. The molecular formula is C13H13NO3. The van der Waals surface area contributed by atoms with E-state index in [0.29, 0.717) is 35.0 Å². The van der Waals surface area contributed by atoms with Crippen LogP contribution >= 0.6 is 0 Å². The van der Waals surface area contributed by atoms with Crippen LogP contribution in [0, 0.1) is 11.3 Å². The Kier molecular flexibility index (Phi) is 4.41. The summed E-state index contributed by atoms with van der Waals surface area (Å²) in [6.45, 7) is 1.87. The fourth-order valence-electron chi connectivity index (χ4n) is 1.73. The summed E-state index contributed by atoms with van der Waals surface area (Å²) >= 11 is 0. The van der Waals surface area contributed by atoms with Crippen molar-refractivity contribution >= 4 is 12.3 Å². The van der Waals surface area contributed by atoms with Gasteiger partial charge in [0.05, 0.1) is 25.2 Å². The van der Waals surface area contributed by atoms with Gasteiger partial charge in [0.1, 0.15) is 0 Å². The minimum Gasteiger partial charge on any atom is -0.469 e. The lowest BCUT2D eigenvalue weighted by Crippen LogP contribution is -2.09. The number of methoxy groups -OCH3 is 1. The number of hydrogen-bond acceptors (Lipinski definition) is 4. The maximum Gasteiger partial charge on any atom is 0.310 e. The van der Waals surface area contributed by atoms with Crippen LogP contribution in [0.5, 0.6) is 0 Å². The molecule has 0 unspecified atom stereocenters. The van der Waals surface area contributed by atoms with Crippen LogP contribution in [-0.2, 0) is 22.4 Å². The molecule has 88 valence electrons. The summed E-state index contributed by atoms with van der Waals surface area (Å²) in [6, 6.07) is 5.29. The smallest absolute Gasteiger partial charge is 0.310 e. The number of carbonyl (C=O) groups excluding carboxylic acids is 2. The molecule has 4 heteroatoms. The van der Waals surface area contributed by atoms with Gasteiger partial charge in [0.25, 0.3) is 0 Å². The van der Waals surface area contributed by atoms with E-state index in [-0.39, 0.29) is 6.42 Å². The molecular weight excluding hydrogens is 218 g/mol. The third kappa shape index (κ3) is 2.70. The first-order valence-corrected chi connectivity index (χ1v) is 5.24. The maximum absolute atomic E-state index is 11.2. The Balaban J connectivity index is 3.29. The van der Waals surface area contributed by atoms with Gasteiger partial charge < -0.3 is 4.74 Å². The molecule has 0 radical (unpaired) electrons. The summed E-state index contributed by atoms with van der Waals surface area (Å²) in [6.07, 6.45) is 1.31. The van der Waals surface area contributed by atoms with Crippen LogP contribution in [0.15, 0.2) is 12.1 Å². The highest BCUT2D eigenvalue weighted by Crippen LogP contribution is 2.19. The SMILES string of the molecule is CCc1c(C#N)ccc(CC(=O)OC)c1C=O. The Morgan fingerprint density at radius 3 is 2.71 bits per heavy atom. The second-order valence-electron chi connectivity index (χ2n) is 3.50. The first-order valence-electron chi connectivity index (χ1n) is 5.24. The van der Waals surface area contributed by atoms with Gasteiger partial charge in [0, 0.05) is 5.56 Å². The van der Waals surface area contributed by atoms with Crippen LogP contribution in [0.25, 0.3) is 0 Å². The first-order chi connectivity index (χ1) is 8.17. The lowest BCUT2D eigenvalue weighted by molar-refractivity contribution is -0.139. The lowest BCUT2D eigenvalue weighted by Gasteiger charge is -2.09. The number of carbonyl (C=O) groups is 2. The van der Waals surface area contributed by atoms with Crippen molar-refractivity contribution in [2.75, 3.05) is 7.11 Å². The van der Waals surface area contributed by atoms with Gasteiger partial charge in [-0.2, -0.15) is 5.26 Å². The minimum absolute atomic E-state index is 0.0449. The van der Waals surface area contributed by atoms with Crippen LogP contribution in [0.4, 0.5) is 0 Å². The molecule has 0 aliphatic rings. The Morgan fingerprint density at radius 2 is 2.24 bits per heavy atom. The number of esters is 1. The third-order valence-electron chi connectivity index (χ3n) is 2.60. The molecule has 0 aromatic heterocycles. The van der Waals surface area contributed by atoms with Crippen LogP contribution < -0.4 is 0 Å². The highest BCUT2D eigenvalue weighted by molar-refractivity contribution is 5.84. The molecule has 1 aromatic rings.